The number of allylic oxidation sites excluding steroid dienone is 2. The Morgan fingerprint density at radius 1 is 0.905 bits per heavy atom. The first kappa shape index (κ1) is 15.3. The van der Waals surface area contributed by atoms with Gasteiger partial charge in [0.1, 0.15) is 10.2 Å². The summed E-state index contributed by atoms with van der Waals surface area (Å²) < 4.78 is 15.3. The summed E-state index contributed by atoms with van der Waals surface area (Å²) in [5, 5.41) is 0. The molecule has 0 radical (unpaired) electrons. The molecule has 1 aliphatic carbocycles. The molecule has 0 amide bonds. The SMILES string of the molecule is COC1=C(Br)C(=O)C(OC)=C(c2cccc(OC)c2)C1=O. The van der Waals surface area contributed by atoms with Gasteiger partial charge in [-0.1, -0.05) is 12.1 Å². The standard InChI is InChI=1S/C15H13BrO5/c1-19-9-6-4-5-8(7-9)10-12(17)15(21-3)11(16)13(18)14(10)20-2/h4-7H,1-3H3. The summed E-state index contributed by atoms with van der Waals surface area (Å²) in [6.07, 6.45) is 0. The molecule has 5 nitrogen and oxygen atoms in total. The van der Waals surface area contributed by atoms with Gasteiger partial charge in [0.15, 0.2) is 11.5 Å². The van der Waals surface area contributed by atoms with Crippen molar-refractivity contribution in [3.05, 3.63) is 45.8 Å². The smallest absolute Gasteiger partial charge is 0.239 e. The van der Waals surface area contributed by atoms with Crippen molar-refractivity contribution in [3.8, 4) is 5.75 Å². The molecular weight excluding hydrogens is 340 g/mol. The van der Waals surface area contributed by atoms with Crippen molar-refractivity contribution in [2.75, 3.05) is 21.3 Å². The molecule has 0 aliphatic heterocycles. The third-order valence-corrected chi connectivity index (χ3v) is 3.75. The first-order valence-electron chi connectivity index (χ1n) is 6.01. The number of carbonyl (C=O) groups excluding carboxylic acids is 2. The van der Waals surface area contributed by atoms with E-state index in [1.54, 1.807) is 24.3 Å². The van der Waals surface area contributed by atoms with E-state index < -0.39 is 11.6 Å². The summed E-state index contributed by atoms with van der Waals surface area (Å²) in [5.41, 5.74) is 0.681. The van der Waals surface area contributed by atoms with Crippen LogP contribution in [0.4, 0.5) is 0 Å². The van der Waals surface area contributed by atoms with Gasteiger partial charge in [-0.25, -0.2) is 0 Å². The van der Waals surface area contributed by atoms with Gasteiger partial charge in [-0.05, 0) is 33.6 Å². The monoisotopic (exact) mass is 352 g/mol. The minimum atomic E-state index is -0.438. The minimum Gasteiger partial charge on any atom is -0.497 e. The van der Waals surface area contributed by atoms with Gasteiger partial charge in [0.25, 0.3) is 0 Å². The van der Waals surface area contributed by atoms with Gasteiger partial charge in [-0.15, -0.1) is 0 Å². The molecule has 0 spiro atoms. The highest BCUT2D eigenvalue weighted by atomic mass is 79.9. The first-order chi connectivity index (χ1) is 10.0. The van der Waals surface area contributed by atoms with Crippen LogP contribution in [0.2, 0.25) is 0 Å². The third kappa shape index (κ3) is 2.58. The Morgan fingerprint density at radius 3 is 2.14 bits per heavy atom. The van der Waals surface area contributed by atoms with Crippen LogP contribution < -0.4 is 4.74 Å². The van der Waals surface area contributed by atoms with Gasteiger partial charge in [0.2, 0.25) is 11.6 Å². The summed E-state index contributed by atoms with van der Waals surface area (Å²) in [4.78, 5) is 24.8. The number of hydrogen-bond acceptors (Lipinski definition) is 5. The lowest BCUT2D eigenvalue weighted by Crippen LogP contribution is -2.23. The number of ketones is 2. The van der Waals surface area contributed by atoms with E-state index in [9.17, 15) is 9.59 Å². The fraction of sp³-hybridized carbons (Fsp3) is 0.200. The van der Waals surface area contributed by atoms with Crippen LogP contribution in [0.1, 0.15) is 5.56 Å². The van der Waals surface area contributed by atoms with Crippen molar-refractivity contribution in [1.82, 2.24) is 0 Å². The zero-order chi connectivity index (χ0) is 15.6. The van der Waals surface area contributed by atoms with E-state index in [1.165, 1.54) is 21.3 Å². The zero-order valence-corrected chi connectivity index (χ0v) is 13.3. The second-order valence-electron chi connectivity index (χ2n) is 4.15. The van der Waals surface area contributed by atoms with E-state index in [1.807, 2.05) is 0 Å². The molecule has 0 N–H and O–H groups in total. The maximum absolute atomic E-state index is 12.5. The van der Waals surface area contributed by atoms with Crippen LogP contribution in [0.25, 0.3) is 5.57 Å². The molecule has 0 heterocycles. The number of carbonyl (C=O) groups is 2. The highest BCUT2D eigenvalue weighted by Gasteiger charge is 2.36. The van der Waals surface area contributed by atoms with Crippen molar-refractivity contribution >= 4 is 33.1 Å². The molecule has 0 bridgehead atoms. The molecule has 110 valence electrons. The molecule has 2 rings (SSSR count). The number of hydrogen-bond donors (Lipinski definition) is 0. The van der Waals surface area contributed by atoms with Crippen molar-refractivity contribution in [3.63, 3.8) is 0 Å². The highest BCUT2D eigenvalue weighted by molar-refractivity contribution is 9.12. The Hall–Kier alpha value is -2.08. The lowest BCUT2D eigenvalue weighted by Gasteiger charge is -2.20. The molecule has 1 aromatic carbocycles. The number of methoxy groups -OCH3 is 3. The Morgan fingerprint density at radius 2 is 1.57 bits per heavy atom. The van der Waals surface area contributed by atoms with E-state index in [4.69, 9.17) is 14.2 Å². The summed E-state index contributed by atoms with van der Waals surface area (Å²) in [5.74, 6) is -0.358. The lowest BCUT2D eigenvalue weighted by atomic mass is 9.93. The minimum absolute atomic E-state index is 0.0269. The Balaban J connectivity index is 2.65. The van der Waals surface area contributed by atoms with Crippen molar-refractivity contribution in [2.45, 2.75) is 0 Å². The number of halogens is 1. The van der Waals surface area contributed by atoms with Gasteiger partial charge in [-0.3, -0.25) is 9.59 Å². The molecule has 0 saturated heterocycles. The number of benzene rings is 1. The molecule has 0 saturated carbocycles. The molecule has 1 aliphatic rings. The predicted octanol–water partition coefficient (Wildman–Crippen LogP) is 2.46. The Kier molecular flexibility index (Phi) is 4.47. The topological polar surface area (TPSA) is 61.8 Å². The molecule has 0 unspecified atom stereocenters. The van der Waals surface area contributed by atoms with Gasteiger partial charge < -0.3 is 14.2 Å². The van der Waals surface area contributed by atoms with Crippen LogP contribution in [-0.2, 0) is 19.1 Å². The van der Waals surface area contributed by atoms with E-state index in [2.05, 4.69) is 15.9 Å². The molecule has 0 aromatic heterocycles. The highest BCUT2D eigenvalue weighted by Crippen LogP contribution is 2.35. The normalized spacial score (nSPS) is 15.4. The van der Waals surface area contributed by atoms with E-state index in [0.29, 0.717) is 11.3 Å². The van der Waals surface area contributed by atoms with Gasteiger partial charge in [0.05, 0.1) is 26.9 Å². The van der Waals surface area contributed by atoms with E-state index >= 15 is 0 Å². The Bertz CT molecular complexity index is 672. The molecule has 6 heteroatoms. The van der Waals surface area contributed by atoms with Crippen molar-refractivity contribution in [2.24, 2.45) is 0 Å². The van der Waals surface area contributed by atoms with Crippen LogP contribution in [0.15, 0.2) is 40.3 Å². The molecule has 0 fully saturated rings. The maximum Gasteiger partial charge on any atom is 0.239 e. The number of ether oxygens (including phenoxy) is 3. The summed E-state index contributed by atoms with van der Waals surface area (Å²) in [6.45, 7) is 0. The second kappa shape index (κ2) is 6.13. The van der Waals surface area contributed by atoms with Crippen LogP contribution in [0.5, 0.6) is 5.75 Å². The number of rotatable bonds is 4. The third-order valence-electron chi connectivity index (χ3n) is 3.03. The maximum atomic E-state index is 12.5. The Labute approximate surface area is 130 Å². The summed E-state index contributed by atoms with van der Waals surface area (Å²) >= 11 is 3.08. The van der Waals surface area contributed by atoms with Crippen LogP contribution >= 0.6 is 15.9 Å². The summed E-state index contributed by atoms with van der Waals surface area (Å²) in [6, 6.07) is 6.83. The largest absolute Gasteiger partial charge is 0.497 e. The van der Waals surface area contributed by atoms with Crippen LogP contribution in [-0.4, -0.2) is 32.9 Å². The quantitative estimate of drug-likeness (QED) is 0.779. The second-order valence-corrected chi connectivity index (χ2v) is 4.94. The van der Waals surface area contributed by atoms with Crippen LogP contribution in [0, 0.1) is 0 Å². The van der Waals surface area contributed by atoms with Crippen LogP contribution in [0.3, 0.4) is 0 Å². The number of Topliss-reactive ketones (excluding diaryl/α,β-unsaturated/α-hetero) is 2. The zero-order valence-electron chi connectivity index (χ0n) is 11.7. The molecular formula is C15H13BrO5. The fourth-order valence-corrected chi connectivity index (χ4v) is 2.57. The van der Waals surface area contributed by atoms with Gasteiger partial charge in [0, 0.05) is 0 Å². The lowest BCUT2D eigenvalue weighted by molar-refractivity contribution is -0.118. The van der Waals surface area contributed by atoms with E-state index in [-0.39, 0.29) is 21.6 Å². The fourth-order valence-electron chi connectivity index (χ4n) is 2.05. The first-order valence-corrected chi connectivity index (χ1v) is 6.80. The average Bonchev–Trinajstić information content (AvgIpc) is 2.51. The molecule has 21 heavy (non-hydrogen) atoms. The average molecular weight is 353 g/mol. The van der Waals surface area contributed by atoms with Crippen molar-refractivity contribution in [1.29, 1.82) is 0 Å². The van der Waals surface area contributed by atoms with E-state index in [0.717, 1.165) is 0 Å². The van der Waals surface area contributed by atoms with Gasteiger partial charge in [-0.2, -0.15) is 0 Å². The molecule has 0 atom stereocenters. The van der Waals surface area contributed by atoms with Gasteiger partial charge >= 0.3 is 0 Å². The van der Waals surface area contributed by atoms with Crippen molar-refractivity contribution < 1.29 is 23.8 Å². The summed E-state index contributed by atoms with van der Waals surface area (Å²) in [7, 11) is 4.21. The predicted molar refractivity (Wildman–Crippen MR) is 79.9 cm³/mol. The molecule has 1 aromatic rings.